The van der Waals surface area contributed by atoms with Crippen molar-refractivity contribution in [2.24, 2.45) is 5.92 Å². The highest BCUT2D eigenvalue weighted by atomic mass is 35.5. The lowest BCUT2D eigenvalue weighted by molar-refractivity contribution is 0.0730. The van der Waals surface area contributed by atoms with Crippen molar-refractivity contribution in [2.75, 3.05) is 6.61 Å². The van der Waals surface area contributed by atoms with Crippen LogP contribution in [0.5, 0.6) is 5.75 Å². The van der Waals surface area contributed by atoms with Gasteiger partial charge in [0, 0.05) is 22.7 Å². The quantitative estimate of drug-likeness (QED) is 0.295. The number of aromatic amines is 1. The summed E-state index contributed by atoms with van der Waals surface area (Å²) in [5.74, 6) is 1.36. The van der Waals surface area contributed by atoms with E-state index < -0.39 is 0 Å². The van der Waals surface area contributed by atoms with Crippen LogP contribution in [0.15, 0.2) is 78.9 Å². The number of fused-ring (bicyclic) bond motifs is 1. The molecule has 5 nitrogen and oxygen atoms in total. The average Bonchev–Trinajstić information content (AvgIpc) is 3.41. The monoisotopic (exact) mass is 485 g/mol. The summed E-state index contributed by atoms with van der Waals surface area (Å²) < 4.78 is 5.93. The molecule has 1 aliphatic heterocycles. The summed E-state index contributed by atoms with van der Waals surface area (Å²) in [4.78, 5) is 15.5. The number of amides is 1. The highest BCUT2D eigenvalue weighted by molar-refractivity contribution is 6.30. The summed E-state index contributed by atoms with van der Waals surface area (Å²) in [6, 6.07) is 25.4. The van der Waals surface area contributed by atoms with Gasteiger partial charge in [-0.05, 0) is 47.7 Å². The summed E-state index contributed by atoms with van der Waals surface area (Å²) in [6.45, 7) is 5.52. The molecule has 1 amide bonds. The summed E-state index contributed by atoms with van der Waals surface area (Å²) in [7, 11) is 0. The van der Waals surface area contributed by atoms with Gasteiger partial charge >= 0.3 is 0 Å². The number of carbonyl (C=O) groups is 1. The lowest BCUT2D eigenvalue weighted by Crippen LogP contribution is -2.29. The number of halogens is 1. The molecule has 0 aliphatic carbocycles. The van der Waals surface area contributed by atoms with Gasteiger partial charge in [0.05, 0.1) is 18.3 Å². The van der Waals surface area contributed by atoms with E-state index in [4.69, 9.17) is 16.3 Å². The first-order chi connectivity index (χ1) is 17.0. The summed E-state index contributed by atoms with van der Waals surface area (Å²) in [6.07, 6.45) is 1.01. The van der Waals surface area contributed by atoms with Crippen molar-refractivity contribution in [2.45, 2.75) is 32.9 Å². The molecule has 4 aromatic rings. The predicted octanol–water partition coefficient (Wildman–Crippen LogP) is 6.90. The molecule has 0 spiro atoms. The Labute approximate surface area is 210 Å². The van der Waals surface area contributed by atoms with Crippen LogP contribution in [0.1, 0.15) is 53.5 Å². The van der Waals surface area contributed by atoms with E-state index in [9.17, 15) is 4.79 Å². The minimum Gasteiger partial charge on any atom is -0.494 e. The van der Waals surface area contributed by atoms with Crippen molar-refractivity contribution in [3.63, 3.8) is 0 Å². The van der Waals surface area contributed by atoms with Crippen molar-refractivity contribution < 1.29 is 9.53 Å². The minimum absolute atomic E-state index is 0.0631. The zero-order chi connectivity index (χ0) is 24.4. The van der Waals surface area contributed by atoms with Crippen LogP contribution in [0.4, 0.5) is 0 Å². The van der Waals surface area contributed by atoms with E-state index in [1.807, 2.05) is 83.8 Å². The van der Waals surface area contributed by atoms with Gasteiger partial charge in [0.1, 0.15) is 11.4 Å². The maximum Gasteiger partial charge on any atom is 0.273 e. The number of carbonyl (C=O) groups excluding carboxylic acids is 1. The second-order valence-electron chi connectivity index (χ2n) is 9.29. The van der Waals surface area contributed by atoms with Crippen molar-refractivity contribution >= 4 is 17.5 Å². The molecule has 1 aliphatic rings. The molecule has 3 aromatic carbocycles. The molecule has 6 heteroatoms. The summed E-state index contributed by atoms with van der Waals surface area (Å²) in [5, 5.41) is 8.24. The molecular weight excluding hydrogens is 458 g/mol. The fourth-order valence-electron chi connectivity index (χ4n) is 4.47. The zero-order valence-corrected chi connectivity index (χ0v) is 20.6. The Bertz CT molecular complexity index is 1300. The van der Waals surface area contributed by atoms with E-state index in [1.54, 1.807) is 0 Å². The Balaban J connectivity index is 1.52. The molecule has 0 fully saturated rings. The second kappa shape index (κ2) is 9.96. The molecule has 0 saturated heterocycles. The van der Waals surface area contributed by atoms with Crippen LogP contribution >= 0.6 is 11.6 Å². The van der Waals surface area contributed by atoms with Crippen LogP contribution in [-0.4, -0.2) is 27.6 Å². The maximum atomic E-state index is 13.6. The van der Waals surface area contributed by atoms with Crippen LogP contribution < -0.4 is 4.74 Å². The molecular formula is C29H28ClN3O2. The molecule has 1 unspecified atom stereocenters. The van der Waals surface area contributed by atoms with Gasteiger partial charge in [-0.15, -0.1) is 0 Å². The van der Waals surface area contributed by atoms with Crippen molar-refractivity contribution in [3.05, 3.63) is 106 Å². The first-order valence-electron chi connectivity index (χ1n) is 11.9. The number of ether oxygens (including phenoxy) is 1. The third-order valence-electron chi connectivity index (χ3n) is 6.34. The Kier molecular flexibility index (Phi) is 6.60. The first-order valence-corrected chi connectivity index (χ1v) is 12.3. The number of benzene rings is 3. The lowest BCUT2D eigenvalue weighted by Gasteiger charge is -2.26. The fraction of sp³-hybridized carbons (Fsp3) is 0.241. The standard InChI is InChI=1S/C29H28ClN3O2/c1-19(2)16-17-35-24-14-10-22(11-15-24)28-25-26(21-6-4-3-5-7-21)31-32-27(25)29(34)33(28)18-20-8-12-23(30)13-9-20/h3-15,19,28H,16-18H2,1-2H3,(H,31,32). The van der Waals surface area contributed by atoms with Crippen LogP contribution in [0.3, 0.4) is 0 Å². The lowest BCUT2D eigenvalue weighted by atomic mass is 9.96. The van der Waals surface area contributed by atoms with Gasteiger partial charge in [0.25, 0.3) is 5.91 Å². The average molecular weight is 486 g/mol. The largest absolute Gasteiger partial charge is 0.494 e. The van der Waals surface area contributed by atoms with E-state index >= 15 is 0 Å². The molecule has 178 valence electrons. The molecule has 1 aromatic heterocycles. The van der Waals surface area contributed by atoms with E-state index in [2.05, 4.69) is 24.0 Å². The highest BCUT2D eigenvalue weighted by Crippen LogP contribution is 2.43. The Morgan fingerprint density at radius 3 is 2.40 bits per heavy atom. The molecule has 2 heterocycles. The topological polar surface area (TPSA) is 58.2 Å². The Morgan fingerprint density at radius 1 is 1.00 bits per heavy atom. The van der Waals surface area contributed by atoms with Gasteiger partial charge < -0.3 is 9.64 Å². The predicted molar refractivity (Wildman–Crippen MR) is 139 cm³/mol. The van der Waals surface area contributed by atoms with Crippen LogP contribution in [-0.2, 0) is 6.54 Å². The van der Waals surface area contributed by atoms with Crippen LogP contribution in [0, 0.1) is 5.92 Å². The third kappa shape index (κ3) is 4.82. The number of nitrogens with zero attached hydrogens (tertiary/aromatic N) is 2. The number of aromatic nitrogens is 2. The highest BCUT2D eigenvalue weighted by Gasteiger charge is 2.42. The zero-order valence-electron chi connectivity index (χ0n) is 19.9. The molecule has 0 saturated carbocycles. The molecule has 1 atom stereocenters. The molecule has 0 radical (unpaired) electrons. The summed E-state index contributed by atoms with van der Waals surface area (Å²) in [5.41, 5.74) is 5.25. The van der Waals surface area contributed by atoms with E-state index in [0.29, 0.717) is 29.8 Å². The number of hydrogen-bond donors (Lipinski definition) is 1. The van der Waals surface area contributed by atoms with E-state index in [1.165, 1.54) is 0 Å². The smallest absolute Gasteiger partial charge is 0.273 e. The van der Waals surface area contributed by atoms with Gasteiger partial charge in [-0.2, -0.15) is 5.10 Å². The van der Waals surface area contributed by atoms with Gasteiger partial charge in [-0.25, -0.2) is 0 Å². The van der Waals surface area contributed by atoms with E-state index in [0.717, 1.165) is 40.1 Å². The van der Waals surface area contributed by atoms with Gasteiger partial charge in [-0.1, -0.05) is 80.0 Å². The van der Waals surface area contributed by atoms with Crippen molar-refractivity contribution in [1.29, 1.82) is 0 Å². The van der Waals surface area contributed by atoms with Gasteiger partial charge in [0.2, 0.25) is 0 Å². The minimum atomic E-state index is -0.271. The second-order valence-corrected chi connectivity index (χ2v) is 9.73. The first kappa shape index (κ1) is 23.2. The van der Waals surface area contributed by atoms with Crippen molar-refractivity contribution in [1.82, 2.24) is 15.1 Å². The maximum absolute atomic E-state index is 13.6. The third-order valence-corrected chi connectivity index (χ3v) is 6.59. The molecule has 0 bridgehead atoms. The van der Waals surface area contributed by atoms with E-state index in [-0.39, 0.29) is 11.9 Å². The molecule has 1 N–H and O–H groups in total. The number of hydrogen-bond acceptors (Lipinski definition) is 3. The number of rotatable bonds is 8. The number of nitrogens with one attached hydrogen (secondary N) is 1. The Hall–Kier alpha value is -3.57. The SMILES string of the molecule is CC(C)CCOc1ccc(C2c3c(-c4ccccc4)n[nH]c3C(=O)N2Cc2ccc(Cl)cc2)cc1. The van der Waals surface area contributed by atoms with Gasteiger partial charge in [0.15, 0.2) is 0 Å². The summed E-state index contributed by atoms with van der Waals surface area (Å²) >= 11 is 6.09. The van der Waals surface area contributed by atoms with Crippen LogP contribution in [0.25, 0.3) is 11.3 Å². The molecule has 35 heavy (non-hydrogen) atoms. The Morgan fingerprint density at radius 2 is 1.71 bits per heavy atom. The van der Waals surface area contributed by atoms with Gasteiger partial charge in [-0.3, -0.25) is 9.89 Å². The van der Waals surface area contributed by atoms with Crippen molar-refractivity contribution in [3.8, 4) is 17.0 Å². The fourth-order valence-corrected chi connectivity index (χ4v) is 4.59. The van der Waals surface area contributed by atoms with Crippen LogP contribution in [0.2, 0.25) is 5.02 Å². The molecule has 5 rings (SSSR count). The number of H-pyrrole nitrogens is 1. The normalized spacial score (nSPS) is 15.0.